The maximum Gasteiger partial charge on any atom is 0.371 e. The van der Waals surface area contributed by atoms with Crippen LogP contribution in [0.4, 0.5) is 0 Å². The highest BCUT2D eigenvalue weighted by molar-refractivity contribution is 8.03. The average Bonchev–Trinajstić information content (AvgIpc) is 2.26. The summed E-state index contributed by atoms with van der Waals surface area (Å²) in [5.74, 6) is -0.837. The van der Waals surface area contributed by atoms with Gasteiger partial charge in [-0.1, -0.05) is 36.4 Å². The van der Waals surface area contributed by atoms with Gasteiger partial charge in [0.2, 0.25) is 0 Å². The third-order valence-electron chi connectivity index (χ3n) is 2.78. The zero-order valence-electron chi connectivity index (χ0n) is 9.63. The van der Waals surface area contributed by atoms with Crippen LogP contribution in [0.25, 0.3) is 10.8 Å². The van der Waals surface area contributed by atoms with Crippen LogP contribution in [0.2, 0.25) is 0 Å². The Hall–Kier alpha value is -1.34. The first-order valence-corrected chi connectivity index (χ1v) is 7.84. The molecule has 0 saturated heterocycles. The lowest BCUT2D eigenvalue weighted by molar-refractivity contribution is -0.134. The molecule has 2 rings (SSSR count). The summed E-state index contributed by atoms with van der Waals surface area (Å²) in [6.45, 7) is 1.86. The number of carboxylic acid groups (broad SMARTS) is 1. The second-order valence-corrected chi connectivity index (χ2v) is 7.65. The van der Waals surface area contributed by atoms with Crippen molar-refractivity contribution in [3.8, 4) is 0 Å². The van der Waals surface area contributed by atoms with E-state index in [2.05, 4.69) is 0 Å². The summed E-state index contributed by atoms with van der Waals surface area (Å²) in [5.41, 5.74) is 0. The van der Waals surface area contributed by atoms with Crippen molar-refractivity contribution in [1.82, 2.24) is 0 Å². The maximum atomic E-state index is 10.9. The van der Waals surface area contributed by atoms with Gasteiger partial charge in [-0.25, -0.2) is 4.79 Å². The van der Waals surface area contributed by atoms with E-state index in [0.717, 1.165) is 16.1 Å². The standard InChI is InChI=1S/C13H13BO2P/c1-17(14,9-13(15)16)12-8-4-6-10-5-2-3-7-11(10)12/h2-8H,9H2,1H3,(H,15,16)/q+1. The van der Waals surface area contributed by atoms with E-state index >= 15 is 0 Å². The van der Waals surface area contributed by atoms with E-state index in [4.69, 9.17) is 12.7 Å². The predicted octanol–water partition coefficient (Wildman–Crippen LogP) is 2.28. The van der Waals surface area contributed by atoms with Crippen molar-refractivity contribution in [1.29, 1.82) is 0 Å². The molecule has 84 valence electrons. The van der Waals surface area contributed by atoms with Crippen molar-refractivity contribution >= 4 is 36.8 Å². The molecule has 2 aromatic carbocycles. The van der Waals surface area contributed by atoms with E-state index < -0.39 is 13.1 Å². The van der Waals surface area contributed by atoms with Crippen LogP contribution in [0.5, 0.6) is 0 Å². The van der Waals surface area contributed by atoms with Gasteiger partial charge in [-0.2, -0.15) is 0 Å². The number of hydrogen-bond acceptors (Lipinski definition) is 1. The Kier molecular flexibility index (Phi) is 3.21. The number of benzene rings is 2. The quantitative estimate of drug-likeness (QED) is 0.663. The molecule has 2 radical (unpaired) electrons. The van der Waals surface area contributed by atoms with Gasteiger partial charge in [0.05, 0.1) is 5.30 Å². The van der Waals surface area contributed by atoms with Gasteiger partial charge in [-0.15, -0.1) is 0 Å². The fourth-order valence-electron chi connectivity index (χ4n) is 2.02. The molecular formula is C13H13BO2P+. The van der Waals surface area contributed by atoms with E-state index in [-0.39, 0.29) is 6.16 Å². The van der Waals surface area contributed by atoms with Crippen molar-refractivity contribution in [2.45, 2.75) is 0 Å². The number of carboxylic acids is 1. The van der Waals surface area contributed by atoms with Crippen LogP contribution in [0.15, 0.2) is 42.5 Å². The van der Waals surface area contributed by atoms with E-state index in [1.165, 1.54) is 0 Å². The van der Waals surface area contributed by atoms with Gasteiger partial charge in [0.25, 0.3) is 0 Å². The van der Waals surface area contributed by atoms with Crippen LogP contribution < -0.4 is 5.30 Å². The van der Waals surface area contributed by atoms with E-state index in [1.54, 1.807) is 0 Å². The normalized spacial score (nSPS) is 14.4. The number of rotatable bonds is 3. The average molecular weight is 243 g/mol. The number of carbonyl (C=O) groups is 1. The molecule has 0 saturated carbocycles. The molecule has 1 unspecified atom stereocenters. The predicted molar refractivity (Wildman–Crippen MR) is 74.7 cm³/mol. The highest BCUT2D eigenvalue weighted by Crippen LogP contribution is 2.49. The van der Waals surface area contributed by atoms with Crippen molar-refractivity contribution in [3.05, 3.63) is 42.5 Å². The molecule has 0 fully saturated rings. The Balaban J connectivity index is 2.58. The smallest absolute Gasteiger partial charge is 0.371 e. The Labute approximate surface area is 102 Å². The van der Waals surface area contributed by atoms with Gasteiger partial charge in [0.15, 0.2) is 0 Å². The SMILES string of the molecule is [B][P+](C)(CC(=O)O)c1cccc2ccccc12. The molecule has 0 aliphatic heterocycles. The molecule has 2 aromatic rings. The summed E-state index contributed by atoms with van der Waals surface area (Å²) >= 11 is 0. The minimum Gasteiger partial charge on any atom is -0.479 e. The minimum atomic E-state index is -2.10. The Bertz CT molecular complexity index is 561. The number of fused-ring (bicyclic) bond motifs is 1. The summed E-state index contributed by atoms with van der Waals surface area (Å²) < 4.78 is 0. The lowest BCUT2D eigenvalue weighted by Crippen LogP contribution is -2.19. The maximum absolute atomic E-state index is 10.9. The van der Waals surface area contributed by atoms with Crippen molar-refractivity contribution < 1.29 is 9.90 Å². The molecule has 17 heavy (non-hydrogen) atoms. The van der Waals surface area contributed by atoms with Crippen molar-refractivity contribution in [2.24, 2.45) is 0 Å². The van der Waals surface area contributed by atoms with Crippen LogP contribution >= 0.6 is 7.14 Å². The van der Waals surface area contributed by atoms with Crippen LogP contribution in [0.1, 0.15) is 0 Å². The molecule has 0 heterocycles. The topological polar surface area (TPSA) is 37.3 Å². The third kappa shape index (κ3) is 2.50. The first kappa shape index (κ1) is 12.1. The fourth-order valence-corrected chi connectivity index (χ4v) is 3.93. The van der Waals surface area contributed by atoms with Gasteiger partial charge >= 0.3 is 13.5 Å². The highest BCUT2D eigenvalue weighted by Gasteiger charge is 2.33. The van der Waals surface area contributed by atoms with E-state index in [0.29, 0.717) is 0 Å². The molecular weight excluding hydrogens is 230 g/mol. The molecule has 0 amide bonds. The van der Waals surface area contributed by atoms with Crippen molar-refractivity contribution in [2.75, 3.05) is 12.8 Å². The molecule has 0 aromatic heterocycles. The van der Waals surface area contributed by atoms with Crippen LogP contribution in [0, 0.1) is 0 Å². The largest absolute Gasteiger partial charge is 0.479 e. The lowest BCUT2D eigenvalue weighted by atomic mass is 10.1. The van der Waals surface area contributed by atoms with Gasteiger partial charge in [-0.3, -0.25) is 0 Å². The molecule has 1 atom stereocenters. The van der Waals surface area contributed by atoms with E-state index in [1.807, 2.05) is 49.1 Å². The Morgan fingerprint density at radius 1 is 1.24 bits per heavy atom. The van der Waals surface area contributed by atoms with Gasteiger partial charge in [-0.05, 0) is 11.5 Å². The number of hydrogen-bond donors (Lipinski definition) is 1. The van der Waals surface area contributed by atoms with E-state index in [9.17, 15) is 4.79 Å². The summed E-state index contributed by atoms with van der Waals surface area (Å²) in [7, 11) is 4.14. The first-order chi connectivity index (χ1) is 8.00. The second kappa shape index (κ2) is 4.50. The second-order valence-electron chi connectivity index (χ2n) is 4.32. The molecule has 2 nitrogen and oxygen atoms in total. The first-order valence-electron chi connectivity index (χ1n) is 5.35. The van der Waals surface area contributed by atoms with Gasteiger partial charge < -0.3 is 5.11 Å². The molecule has 1 N–H and O–H groups in total. The van der Waals surface area contributed by atoms with Crippen LogP contribution in [-0.2, 0) is 4.79 Å². The molecule has 0 spiro atoms. The lowest BCUT2D eigenvalue weighted by Gasteiger charge is -2.18. The summed E-state index contributed by atoms with van der Waals surface area (Å²) in [4.78, 5) is 10.9. The van der Waals surface area contributed by atoms with Crippen molar-refractivity contribution in [3.63, 3.8) is 0 Å². The van der Waals surface area contributed by atoms with Crippen LogP contribution in [0.3, 0.4) is 0 Å². The monoisotopic (exact) mass is 243 g/mol. The minimum absolute atomic E-state index is 0.0288. The molecule has 0 bridgehead atoms. The molecule has 0 aliphatic rings. The summed E-state index contributed by atoms with van der Waals surface area (Å²) in [6.07, 6.45) is 0.0288. The zero-order valence-corrected chi connectivity index (χ0v) is 10.5. The fraction of sp³-hybridized carbons (Fsp3) is 0.154. The van der Waals surface area contributed by atoms with Gasteiger partial charge in [0.1, 0.15) is 6.16 Å². The molecule has 0 aliphatic carbocycles. The Morgan fingerprint density at radius 2 is 1.88 bits per heavy atom. The summed E-state index contributed by atoms with van der Waals surface area (Å²) in [5, 5.41) is 12.1. The number of aliphatic carboxylic acids is 1. The summed E-state index contributed by atoms with van der Waals surface area (Å²) in [6, 6.07) is 13.8. The van der Waals surface area contributed by atoms with Gasteiger partial charge in [0, 0.05) is 19.2 Å². The zero-order chi connectivity index (χ0) is 12.5. The Morgan fingerprint density at radius 3 is 2.59 bits per heavy atom. The highest BCUT2D eigenvalue weighted by atomic mass is 31.2. The molecule has 4 heteroatoms. The van der Waals surface area contributed by atoms with Crippen LogP contribution in [-0.4, -0.2) is 31.5 Å². The third-order valence-corrected chi connectivity index (χ3v) is 5.20.